The largest absolute Gasteiger partial charge is 0.488 e. The van der Waals surface area contributed by atoms with Gasteiger partial charge in [0.15, 0.2) is 0 Å². The fraction of sp³-hybridized carbons (Fsp3) is 0.235. The summed E-state index contributed by atoms with van der Waals surface area (Å²) in [4.78, 5) is 11.8. The first-order valence-corrected chi connectivity index (χ1v) is 7.67. The van der Waals surface area contributed by atoms with Crippen molar-refractivity contribution in [1.82, 2.24) is 10.6 Å². The zero-order valence-electron chi connectivity index (χ0n) is 12.8. The molecule has 2 rings (SSSR count). The molecule has 0 fully saturated rings. The molecule has 2 amide bonds. The molecule has 0 aliphatic heterocycles. The number of benzene rings is 2. The number of halogens is 3. The molecule has 4 nitrogen and oxygen atoms in total. The van der Waals surface area contributed by atoms with Crippen LogP contribution in [-0.2, 0) is 13.1 Å². The van der Waals surface area contributed by atoms with Gasteiger partial charge in [0.25, 0.3) is 6.43 Å². The Bertz CT molecular complexity index is 683. The summed E-state index contributed by atoms with van der Waals surface area (Å²) in [5.74, 6) is 0.339. The van der Waals surface area contributed by atoms with Gasteiger partial charge in [0.1, 0.15) is 12.4 Å². The van der Waals surface area contributed by atoms with Gasteiger partial charge in [0.05, 0.1) is 0 Å². The van der Waals surface area contributed by atoms with E-state index in [0.717, 1.165) is 11.1 Å². The average Bonchev–Trinajstić information content (AvgIpc) is 2.58. The van der Waals surface area contributed by atoms with Gasteiger partial charge in [0, 0.05) is 18.1 Å². The number of hydrogen-bond donors (Lipinski definition) is 2. The smallest absolute Gasteiger partial charge is 0.315 e. The van der Waals surface area contributed by atoms with Crippen molar-refractivity contribution in [1.29, 1.82) is 0 Å². The summed E-state index contributed by atoms with van der Waals surface area (Å²) in [5, 5.41) is 5.97. The highest BCUT2D eigenvalue weighted by Gasteiger charge is 2.06. The molecule has 0 aliphatic carbocycles. The van der Waals surface area contributed by atoms with Crippen molar-refractivity contribution >= 4 is 17.6 Å². The lowest BCUT2D eigenvalue weighted by molar-refractivity contribution is 0.0818. The summed E-state index contributed by atoms with van der Waals surface area (Å²) in [6.07, 6.45) is -2.53. The lowest BCUT2D eigenvalue weighted by atomic mass is 10.2. The zero-order valence-corrected chi connectivity index (χ0v) is 13.5. The number of amides is 2. The minimum absolute atomic E-state index is 0.250. The molecule has 2 aromatic rings. The van der Waals surface area contributed by atoms with E-state index in [1.807, 2.05) is 18.2 Å². The van der Waals surface area contributed by atoms with Crippen LogP contribution in [-0.4, -0.2) is 19.1 Å². The maximum atomic E-state index is 12.1. The highest BCUT2D eigenvalue weighted by molar-refractivity contribution is 6.31. The molecule has 0 aliphatic rings. The van der Waals surface area contributed by atoms with Crippen molar-refractivity contribution in [2.24, 2.45) is 0 Å². The number of carbonyl (C=O) groups excluding carboxylic acids is 1. The fourth-order valence-corrected chi connectivity index (χ4v) is 2.17. The van der Waals surface area contributed by atoms with E-state index in [1.54, 1.807) is 30.3 Å². The molecule has 0 atom stereocenters. The van der Waals surface area contributed by atoms with E-state index >= 15 is 0 Å². The number of ether oxygens (including phenoxy) is 1. The molecule has 0 radical (unpaired) electrons. The van der Waals surface area contributed by atoms with Gasteiger partial charge < -0.3 is 15.4 Å². The van der Waals surface area contributed by atoms with Gasteiger partial charge in [-0.2, -0.15) is 0 Å². The number of alkyl halides is 2. The Morgan fingerprint density at radius 1 is 1.08 bits per heavy atom. The summed E-state index contributed by atoms with van der Waals surface area (Å²) >= 11 is 6.01. The molecule has 0 spiro atoms. The third-order valence-corrected chi connectivity index (χ3v) is 3.49. The third kappa shape index (κ3) is 6.04. The van der Waals surface area contributed by atoms with E-state index < -0.39 is 13.0 Å². The van der Waals surface area contributed by atoms with E-state index in [9.17, 15) is 13.6 Å². The van der Waals surface area contributed by atoms with Crippen LogP contribution >= 0.6 is 11.6 Å². The zero-order chi connectivity index (χ0) is 17.4. The van der Waals surface area contributed by atoms with Crippen LogP contribution in [0.3, 0.4) is 0 Å². The lowest BCUT2D eigenvalue weighted by Crippen LogP contribution is -2.34. The summed E-state index contributed by atoms with van der Waals surface area (Å²) in [5.41, 5.74) is 1.56. The van der Waals surface area contributed by atoms with Crippen molar-refractivity contribution in [2.75, 3.05) is 6.61 Å². The van der Waals surface area contributed by atoms with Crippen molar-refractivity contribution in [3.63, 3.8) is 0 Å². The minimum atomic E-state index is -2.53. The average molecular weight is 355 g/mol. The molecule has 0 heterocycles. The molecule has 0 bridgehead atoms. The normalized spacial score (nSPS) is 10.5. The van der Waals surface area contributed by atoms with Crippen LogP contribution < -0.4 is 15.4 Å². The minimum Gasteiger partial charge on any atom is -0.488 e. The quantitative estimate of drug-likeness (QED) is 0.790. The van der Waals surface area contributed by atoms with E-state index in [4.69, 9.17) is 16.3 Å². The number of hydrogen-bond acceptors (Lipinski definition) is 2. The molecule has 0 saturated heterocycles. The van der Waals surface area contributed by atoms with Gasteiger partial charge in [0.2, 0.25) is 0 Å². The second kappa shape index (κ2) is 9.08. The van der Waals surface area contributed by atoms with Gasteiger partial charge >= 0.3 is 6.03 Å². The highest BCUT2D eigenvalue weighted by atomic mass is 35.5. The Morgan fingerprint density at radius 2 is 1.83 bits per heavy atom. The van der Waals surface area contributed by atoms with Crippen molar-refractivity contribution in [3.8, 4) is 5.75 Å². The molecule has 128 valence electrons. The van der Waals surface area contributed by atoms with Gasteiger partial charge in [-0.15, -0.1) is 0 Å². The van der Waals surface area contributed by atoms with Crippen molar-refractivity contribution < 1.29 is 18.3 Å². The predicted octanol–water partition coefficient (Wildman–Crippen LogP) is 3.98. The number of rotatable bonds is 7. The Balaban J connectivity index is 1.79. The van der Waals surface area contributed by atoms with Gasteiger partial charge in [-0.1, -0.05) is 41.9 Å². The van der Waals surface area contributed by atoms with Gasteiger partial charge in [-0.3, -0.25) is 0 Å². The van der Waals surface area contributed by atoms with E-state index in [2.05, 4.69) is 10.6 Å². The molecular formula is C17H17ClF2N2O2. The first-order chi connectivity index (χ1) is 11.5. The van der Waals surface area contributed by atoms with Crippen LogP contribution in [0.4, 0.5) is 13.6 Å². The van der Waals surface area contributed by atoms with Crippen LogP contribution in [0.1, 0.15) is 11.1 Å². The van der Waals surface area contributed by atoms with E-state index in [0.29, 0.717) is 17.3 Å². The van der Waals surface area contributed by atoms with Crippen LogP contribution in [0, 0.1) is 0 Å². The highest BCUT2D eigenvalue weighted by Crippen LogP contribution is 2.15. The molecule has 24 heavy (non-hydrogen) atoms. The summed E-state index contributed by atoms with van der Waals surface area (Å²) in [6, 6.07) is 13.5. The van der Waals surface area contributed by atoms with Crippen molar-refractivity contribution in [2.45, 2.75) is 19.5 Å². The molecule has 0 saturated carbocycles. The molecule has 0 unspecified atom stereocenters. The SMILES string of the molecule is O=C(NCc1cccc(OCC(F)F)c1)NCc1ccccc1Cl. The van der Waals surface area contributed by atoms with Crippen LogP contribution in [0.5, 0.6) is 5.75 Å². The Hall–Kier alpha value is -2.34. The number of urea groups is 1. The number of nitrogens with one attached hydrogen (secondary N) is 2. The Kier molecular flexibility index (Phi) is 6.81. The maximum Gasteiger partial charge on any atom is 0.315 e. The third-order valence-electron chi connectivity index (χ3n) is 3.12. The predicted molar refractivity (Wildman–Crippen MR) is 88.5 cm³/mol. The summed E-state index contributed by atoms with van der Waals surface area (Å²) < 4.78 is 29.2. The maximum absolute atomic E-state index is 12.1. The molecule has 7 heteroatoms. The standard InChI is InChI=1S/C17H17ClF2N2O2/c18-15-7-2-1-5-13(15)10-22-17(23)21-9-12-4-3-6-14(8-12)24-11-16(19)20/h1-8,16H,9-11H2,(H2,21,22,23). The van der Waals surface area contributed by atoms with E-state index in [-0.39, 0.29) is 12.6 Å². The van der Waals surface area contributed by atoms with Gasteiger partial charge in [-0.25, -0.2) is 13.6 Å². The molecule has 0 aromatic heterocycles. The molecule has 2 N–H and O–H groups in total. The van der Waals surface area contributed by atoms with Crippen molar-refractivity contribution in [3.05, 3.63) is 64.7 Å². The van der Waals surface area contributed by atoms with Gasteiger partial charge in [-0.05, 0) is 29.3 Å². The second-order valence-electron chi connectivity index (χ2n) is 4.98. The van der Waals surface area contributed by atoms with Crippen LogP contribution in [0.2, 0.25) is 5.02 Å². The first kappa shape index (κ1) is 18.0. The molecular weight excluding hydrogens is 338 g/mol. The van der Waals surface area contributed by atoms with Crippen LogP contribution in [0.25, 0.3) is 0 Å². The topological polar surface area (TPSA) is 50.4 Å². The fourth-order valence-electron chi connectivity index (χ4n) is 1.97. The summed E-state index contributed by atoms with van der Waals surface area (Å²) in [7, 11) is 0. The second-order valence-corrected chi connectivity index (χ2v) is 5.38. The monoisotopic (exact) mass is 354 g/mol. The number of carbonyl (C=O) groups is 1. The van der Waals surface area contributed by atoms with E-state index in [1.165, 1.54) is 0 Å². The first-order valence-electron chi connectivity index (χ1n) is 7.29. The Labute approximate surface area is 143 Å². The summed E-state index contributed by atoms with van der Waals surface area (Å²) in [6.45, 7) is -0.0987. The Morgan fingerprint density at radius 3 is 2.58 bits per heavy atom. The molecule has 2 aromatic carbocycles. The lowest BCUT2D eigenvalue weighted by Gasteiger charge is -2.10. The van der Waals surface area contributed by atoms with Crippen LogP contribution in [0.15, 0.2) is 48.5 Å².